The Morgan fingerprint density at radius 1 is 1.18 bits per heavy atom. The first-order chi connectivity index (χ1) is 8.35. The average Bonchev–Trinajstić information content (AvgIpc) is 2.41. The van der Waals surface area contributed by atoms with Gasteiger partial charge in [0, 0.05) is 18.3 Å². The molecule has 3 saturated heterocycles. The summed E-state index contributed by atoms with van der Waals surface area (Å²) in [5.41, 5.74) is 1.21. The second kappa shape index (κ2) is 4.57. The van der Waals surface area contributed by atoms with E-state index in [-0.39, 0.29) is 0 Å². The molecule has 3 heteroatoms. The van der Waals surface area contributed by atoms with E-state index >= 15 is 0 Å². The van der Waals surface area contributed by atoms with Crippen LogP contribution in [0.4, 0.5) is 5.69 Å². The summed E-state index contributed by atoms with van der Waals surface area (Å²) in [4.78, 5) is 2.57. The van der Waals surface area contributed by atoms with E-state index in [2.05, 4.69) is 22.3 Å². The SMILES string of the molecule is COc1ccc(NC2CN3CCC2CC3)cc1. The summed E-state index contributed by atoms with van der Waals surface area (Å²) in [6.45, 7) is 3.80. The molecule has 17 heavy (non-hydrogen) atoms. The second-order valence-electron chi connectivity index (χ2n) is 5.12. The van der Waals surface area contributed by atoms with E-state index in [4.69, 9.17) is 4.74 Å². The maximum Gasteiger partial charge on any atom is 0.119 e. The molecule has 0 saturated carbocycles. The minimum Gasteiger partial charge on any atom is -0.497 e. The van der Waals surface area contributed by atoms with Crippen molar-refractivity contribution in [3.05, 3.63) is 24.3 Å². The maximum atomic E-state index is 5.17. The molecule has 0 spiro atoms. The van der Waals surface area contributed by atoms with Crippen molar-refractivity contribution in [1.82, 2.24) is 4.90 Å². The van der Waals surface area contributed by atoms with Crippen LogP contribution in [0.15, 0.2) is 24.3 Å². The molecule has 3 aliphatic rings. The Kier molecular flexibility index (Phi) is 2.93. The molecule has 0 amide bonds. The summed E-state index contributed by atoms with van der Waals surface area (Å²) < 4.78 is 5.17. The number of ether oxygens (including phenoxy) is 1. The van der Waals surface area contributed by atoms with Gasteiger partial charge in [0.25, 0.3) is 0 Å². The Bertz CT molecular complexity index is 368. The number of methoxy groups -OCH3 is 1. The van der Waals surface area contributed by atoms with Gasteiger partial charge in [0.15, 0.2) is 0 Å². The molecule has 0 radical (unpaired) electrons. The molecule has 2 bridgehead atoms. The zero-order valence-electron chi connectivity index (χ0n) is 10.4. The fourth-order valence-corrected chi connectivity index (χ4v) is 3.03. The predicted molar refractivity (Wildman–Crippen MR) is 69.6 cm³/mol. The summed E-state index contributed by atoms with van der Waals surface area (Å²) >= 11 is 0. The van der Waals surface area contributed by atoms with E-state index in [1.807, 2.05) is 12.1 Å². The molecule has 1 atom stereocenters. The van der Waals surface area contributed by atoms with Crippen LogP contribution in [0.25, 0.3) is 0 Å². The number of anilines is 1. The lowest BCUT2D eigenvalue weighted by Crippen LogP contribution is -2.53. The van der Waals surface area contributed by atoms with Crippen LogP contribution >= 0.6 is 0 Å². The first-order valence-corrected chi connectivity index (χ1v) is 6.48. The van der Waals surface area contributed by atoms with Crippen LogP contribution in [0.5, 0.6) is 5.75 Å². The minimum absolute atomic E-state index is 0.630. The number of rotatable bonds is 3. The van der Waals surface area contributed by atoms with Crippen molar-refractivity contribution in [1.29, 1.82) is 0 Å². The summed E-state index contributed by atoms with van der Waals surface area (Å²) in [7, 11) is 1.70. The van der Waals surface area contributed by atoms with E-state index in [1.54, 1.807) is 7.11 Å². The number of nitrogens with one attached hydrogen (secondary N) is 1. The molecule has 0 aliphatic carbocycles. The lowest BCUT2D eigenvalue weighted by molar-refractivity contribution is 0.0975. The van der Waals surface area contributed by atoms with Crippen LogP contribution < -0.4 is 10.1 Å². The highest BCUT2D eigenvalue weighted by Crippen LogP contribution is 2.30. The minimum atomic E-state index is 0.630. The third-order valence-corrected chi connectivity index (χ3v) is 4.10. The van der Waals surface area contributed by atoms with Crippen molar-refractivity contribution in [3.63, 3.8) is 0 Å². The van der Waals surface area contributed by atoms with Crippen molar-refractivity contribution in [2.24, 2.45) is 5.92 Å². The van der Waals surface area contributed by atoms with E-state index < -0.39 is 0 Å². The summed E-state index contributed by atoms with van der Waals surface area (Å²) in [6, 6.07) is 8.88. The molecule has 92 valence electrons. The Morgan fingerprint density at radius 2 is 1.88 bits per heavy atom. The first kappa shape index (κ1) is 10.9. The number of piperidine rings is 3. The van der Waals surface area contributed by atoms with Gasteiger partial charge in [0.1, 0.15) is 5.75 Å². The van der Waals surface area contributed by atoms with Crippen LogP contribution in [-0.4, -0.2) is 37.7 Å². The maximum absolute atomic E-state index is 5.17. The van der Waals surface area contributed by atoms with Crippen LogP contribution in [0.2, 0.25) is 0 Å². The highest BCUT2D eigenvalue weighted by atomic mass is 16.5. The number of benzene rings is 1. The van der Waals surface area contributed by atoms with Gasteiger partial charge in [-0.25, -0.2) is 0 Å². The highest BCUT2D eigenvalue weighted by molar-refractivity contribution is 5.47. The smallest absolute Gasteiger partial charge is 0.119 e. The van der Waals surface area contributed by atoms with Gasteiger partial charge < -0.3 is 15.0 Å². The Hall–Kier alpha value is -1.22. The molecule has 3 heterocycles. The lowest BCUT2D eigenvalue weighted by atomic mass is 9.84. The van der Waals surface area contributed by atoms with Gasteiger partial charge in [0.2, 0.25) is 0 Å². The molecule has 1 aromatic rings. The summed E-state index contributed by atoms with van der Waals surface area (Å²) in [5.74, 6) is 1.78. The van der Waals surface area contributed by atoms with E-state index in [9.17, 15) is 0 Å². The van der Waals surface area contributed by atoms with Gasteiger partial charge >= 0.3 is 0 Å². The van der Waals surface area contributed by atoms with Crippen LogP contribution in [0.1, 0.15) is 12.8 Å². The molecule has 4 rings (SSSR count). The first-order valence-electron chi connectivity index (χ1n) is 6.48. The third-order valence-electron chi connectivity index (χ3n) is 4.10. The van der Waals surface area contributed by atoms with Crippen molar-refractivity contribution in [2.45, 2.75) is 18.9 Å². The fraction of sp³-hybridized carbons (Fsp3) is 0.571. The van der Waals surface area contributed by atoms with Crippen LogP contribution in [0.3, 0.4) is 0 Å². The molecule has 3 fully saturated rings. The van der Waals surface area contributed by atoms with Gasteiger partial charge in [0.05, 0.1) is 7.11 Å². The van der Waals surface area contributed by atoms with Gasteiger partial charge in [-0.15, -0.1) is 0 Å². The van der Waals surface area contributed by atoms with E-state index in [1.165, 1.54) is 38.2 Å². The number of fused-ring (bicyclic) bond motifs is 3. The average molecular weight is 232 g/mol. The Morgan fingerprint density at radius 3 is 2.41 bits per heavy atom. The van der Waals surface area contributed by atoms with Gasteiger partial charge in [-0.3, -0.25) is 0 Å². The van der Waals surface area contributed by atoms with E-state index in [0.29, 0.717) is 6.04 Å². The van der Waals surface area contributed by atoms with Crippen LogP contribution in [-0.2, 0) is 0 Å². The van der Waals surface area contributed by atoms with E-state index in [0.717, 1.165) is 11.7 Å². The molecular formula is C14H20N2O. The fourth-order valence-electron chi connectivity index (χ4n) is 3.03. The Labute approximate surface area is 103 Å². The van der Waals surface area contributed by atoms with Crippen LogP contribution in [0, 0.1) is 5.92 Å². The molecule has 1 N–H and O–H groups in total. The van der Waals surface area contributed by atoms with Crippen molar-refractivity contribution >= 4 is 5.69 Å². The molecule has 3 nitrogen and oxygen atoms in total. The van der Waals surface area contributed by atoms with Crippen molar-refractivity contribution in [3.8, 4) is 5.75 Å². The van der Waals surface area contributed by atoms with Crippen molar-refractivity contribution < 1.29 is 4.74 Å². The molecule has 1 aromatic carbocycles. The van der Waals surface area contributed by atoms with Gasteiger partial charge in [-0.2, -0.15) is 0 Å². The standard InChI is InChI=1S/C14H20N2O/c1-17-13-4-2-12(3-5-13)15-14-10-16-8-6-11(14)7-9-16/h2-5,11,14-15H,6-10H2,1H3. The Balaban J connectivity index is 1.66. The predicted octanol–water partition coefficient (Wildman–Crippen LogP) is 2.20. The molecule has 3 aliphatic heterocycles. The summed E-state index contributed by atoms with van der Waals surface area (Å²) in [5, 5.41) is 3.67. The highest BCUT2D eigenvalue weighted by Gasteiger charge is 2.33. The number of hydrogen-bond acceptors (Lipinski definition) is 3. The third kappa shape index (κ3) is 2.25. The van der Waals surface area contributed by atoms with Crippen molar-refractivity contribution in [2.75, 3.05) is 32.1 Å². The normalized spacial score (nSPS) is 31.2. The second-order valence-corrected chi connectivity index (χ2v) is 5.12. The monoisotopic (exact) mass is 232 g/mol. The summed E-state index contributed by atoms with van der Waals surface area (Å²) in [6.07, 6.45) is 2.71. The topological polar surface area (TPSA) is 24.5 Å². The quantitative estimate of drug-likeness (QED) is 0.864. The van der Waals surface area contributed by atoms with Gasteiger partial charge in [-0.1, -0.05) is 0 Å². The lowest BCUT2D eigenvalue weighted by Gasteiger charge is -2.45. The largest absolute Gasteiger partial charge is 0.497 e. The zero-order chi connectivity index (χ0) is 11.7. The zero-order valence-corrected chi connectivity index (χ0v) is 10.4. The number of hydrogen-bond donors (Lipinski definition) is 1. The molecule has 0 aromatic heterocycles. The number of nitrogens with zero attached hydrogens (tertiary/aromatic N) is 1. The molecular weight excluding hydrogens is 212 g/mol. The molecule has 1 unspecified atom stereocenters. The van der Waals surface area contributed by atoms with Gasteiger partial charge in [-0.05, 0) is 56.1 Å².